The first-order valence-electron chi connectivity index (χ1n) is 8.83. The second-order valence-electron chi connectivity index (χ2n) is 6.92. The fraction of sp³-hybridized carbons (Fsp3) is 0.474. The van der Waals surface area contributed by atoms with Crippen LogP contribution in [0.4, 0.5) is 19.0 Å². The molecular formula is C19H23F3N4O. The third-order valence-corrected chi connectivity index (χ3v) is 4.74. The Balaban J connectivity index is 1.85. The number of nitrogens with zero attached hydrogens (tertiary/aromatic N) is 3. The van der Waals surface area contributed by atoms with Crippen LogP contribution in [0.3, 0.4) is 0 Å². The molecule has 1 aliphatic rings. The zero-order valence-corrected chi connectivity index (χ0v) is 15.6. The first-order valence-corrected chi connectivity index (χ1v) is 8.83. The summed E-state index contributed by atoms with van der Waals surface area (Å²) in [5, 5.41) is 11.9. The van der Waals surface area contributed by atoms with Gasteiger partial charge in [-0.25, -0.2) is 0 Å². The van der Waals surface area contributed by atoms with Crippen molar-refractivity contribution in [2.75, 3.05) is 32.6 Å². The Hall–Kier alpha value is -2.35. The molecule has 1 aliphatic heterocycles. The topological polar surface area (TPSA) is 50.3 Å². The third-order valence-electron chi connectivity index (χ3n) is 4.74. The Labute approximate surface area is 156 Å². The molecule has 0 bridgehead atoms. The van der Waals surface area contributed by atoms with Crippen molar-refractivity contribution >= 4 is 5.82 Å². The first-order chi connectivity index (χ1) is 12.8. The van der Waals surface area contributed by atoms with E-state index in [0.717, 1.165) is 43.6 Å². The van der Waals surface area contributed by atoms with E-state index in [1.165, 1.54) is 13.2 Å². The molecule has 0 spiro atoms. The standard InChI is InChI=1S/C19H23F3N4O/c1-12-9-17(23-14-5-4-8-26(2)11-14)24-25-18(12)15-7-6-13(19(20,21)22)10-16(15)27-3/h6-7,9-10,14H,4-5,8,11H2,1-3H3,(H,23,24)/t14-/m1/s1. The minimum absolute atomic E-state index is 0.122. The number of methoxy groups -OCH3 is 1. The van der Waals surface area contributed by atoms with Gasteiger partial charge in [0.1, 0.15) is 11.6 Å². The van der Waals surface area contributed by atoms with Gasteiger partial charge in [0.15, 0.2) is 0 Å². The number of benzene rings is 1. The Morgan fingerprint density at radius 2 is 2.00 bits per heavy atom. The Morgan fingerprint density at radius 3 is 2.63 bits per heavy atom. The zero-order chi connectivity index (χ0) is 19.6. The third kappa shape index (κ3) is 4.50. The van der Waals surface area contributed by atoms with E-state index in [0.29, 0.717) is 23.1 Å². The van der Waals surface area contributed by atoms with Crippen molar-refractivity contribution in [3.8, 4) is 17.0 Å². The lowest BCUT2D eigenvalue weighted by Crippen LogP contribution is -2.39. The predicted octanol–water partition coefficient (Wildman–Crippen LogP) is 3.99. The molecule has 0 saturated carbocycles. The van der Waals surface area contributed by atoms with Crippen molar-refractivity contribution in [1.29, 1.82) is 0 Å². The number of aryl methyl sites for hydroxylation is 1. The monoisotopic (exact) mass is 380 g/mol. The van der Waals surface area contributed by atoms with Crippen LogP contribution < -0.4 is 10.1 Å². The molecule has 1 saturated heterocycles. The number of rotatable bonds is 4. The molecule has 1 aromatic heterocycles. The summed E-state index contributed by atoms with van der Waals surface area (Å²) in [6.45, 7) is 3.89. The fourth-order valence-corrected chi connectivity index (χ4v) is 3.38. The van der Waals surface area contributed by atoms with E-state index < -0.39 is 11.7 Å². The highest BCUT2D eigenvalue weighted by Gasteiger charge is 2.31. The van der Waals surface area contributed by atoms with E-state index in [-0.39, 0.29) is 5.75 Å². The van der Waals surface area contributed by atoms with Gasteiger partial charge in [0.25, 0.3) is 0 Å². The van der Waals surface area contributed by atoms with Crippen LogP contribution in [0, 0.1) is 6.92 Å². The quantitative estimate of drug-likeness (QED) is 0.869. The molecule has 1 aromatic carbocycles. The van der Waals surface area contributed by atoms with E-state index in [2.05, 4.69) is 27.5 Å². The second-order valence-corrected chi connectivity index (χ2v) is 6.92. The van der Waals surface area contributed by atoms with Gasteiger partial charge in [-0.3, -0.25) is 0 Å². The summed E-state index contributed by atoms with van der Waals surface area (Å²) < 4.78 is 43.9. The summed E-state index contributed by atoms with van der Waals surface area (Å²) in [6, 6.07) is 5.57. The smallest absolute Gasteiger partial charge is 0.416 e. The minimum atomic E-state index is -4.42. The van der Waals surface area contributed by atoms with Gasteiger partial charge in [-0.15, -0.1) is 10.2 Å². The van der Waals surface area contributed by atoms with Crippen LogP contribution in [0.25, 0.3) is 11.3 Å². The molecule has 5 nitrogen and oxygen atoms in total. The van der Waals surface area contributed by atoms with Gasteiger partial charge in [0.2, 0.25) is 0 Å². The van der Waals surface area contributed by atoms with Crippen LogP contribution in [0.1, 0.15) is 24.0 Å². The van der Waals surface area contributed by atoms with Gasteiger partial charge >= 0.3 is 6.18 Å². The Morgan fingerprint density at radius 1 is 1.22 bits per heavy atom. The highest BCUT2D eigenvalue weighted by molar-refractivity contribution is 5.71. The number of ether oxygens (including phenoxy) is 1. The summed E-state index contributed by atoms with van der Waals surface area (Å²) in [4.78, 5) is 2.27. The molecule has 1 atom stereocenters. The van der Waals surface area contributed by atoms with Crippen LogP contribution in [-0.2, 0) is 6.18 Å². The van der Waals surface area contributed by atoms with Gasteiger partial charge < -0.3 is 15.0 Å². The van der Waals surface area contributed by atoms with E-state index in [4.69, 9.17) is 4.74 Å². The van der Waals surface area contributed by atoms with Gasteiger partial charge in [-0.1, -0.05) is 0 Å². The van der Waals surface area contributed by atoms with Crippen LogP contribution in [0.2, 0.25) is 0 Å². The van der Waals surface area contributed by atoms with Crippen molar-refractivity contribution in [1.82, 2.24) is 15.1 Å². The number of alkyl halides is 3. The maximum Gasteiger partial charge on any atom is 0.416 e. The number of aromatic nitrogens is 2. The lowest BCUT2D eigenvalue weighted by atomic mass is 10.0. The van der Waals surface area contributed by atoms with Gasteiger partial charge in [-0.05, 0) is 63.2 Å². The van der Waals surface area contributed by atoms with E-state index in [1.54, 1.807) is 0 Å². The molecule has 146 valence electrons. The van der Waals surface area contributed by atoms with Crippen molar-refractivity contribution in [2.24, 2.45) is 0 Å². The summed E-state index contributed by atoms with van der Waals surface area (Å²) in [7, 11) is 3.43. The first kappa shape index (κ1) is 19.4. The number of likely N-dealkylation sites (tertiary alicyclic amines) is 1. The second kappa shape index (κ2) is 7.72. The summed E-state index contributed by atoms with van der Waals surface area (Å²) in [5.74, 6) is 0.791. The summed E-state index contributed by atoms with van der Waals surface area (Å²) in [5.41, 5.74) is 1.05. The molecule has 0 radical (unpaired) electrons. The normalized spacial score (nSPS) is 18.4. The number of halogens is 3. The average molecular weight is 380 g/mol. The molecule has 3 rings (SSSR count). The van der Waals surface area contributed by atoms with Crippen molar-refractivity contribution in [3.63, 3.8) is 0 Å². The zero-order valence-electron chi connectivity index (χ0n) is 15.6. The van der Waals surface area contributed by atoms with Crippen LogP contribution in [0.5, 0.6) is 5.75 Å². The molecular weight excluding hydrogens is 357 g/mol. The number of hydrogen-bond acceptors (Lipinski definition) is 5. The Bertz CT molecular complexity index is 810. The maximum atomic E-state index is 12.9. The number of anilines is 1. The van der Waals surface area contributed by atoms with Crippen LogP contribution in [0.15, 0.2) is 24.3 Å². The van der Waals surface area contributed by atoms with E-state index >= 15 is 0 Å². The van der Waals surface area contributed by atoms with Gasteiger partial charge in [0.05, 0.1) is 18.4 Å². The largest absolute Gasteiger partial charge is 0.496 e. The molecule has 1 N–H and O–H groups in total. The molecule has 0 unspecified atom stereocenters. The molecule has 8 heteroatoms. The molecule has 2 aromatic rings. The number of piperidine rings is 1. The van der Waals surface area contributed by atoms with Crippen LogP contribution in [-0.4, -0.2) is 48.4 Å². The summed E-state index contributed by atoms with van der Waals surface area (Å²) in [6.07, 6.45) is -2.23. The van der Waals surface area contributed by atoms with E-state index in [9.17, 15) is 13.2 Å². The highest BCUT2D eigenvalue weighted by atomic mass is 19.4. The number of hydrogen-bond donors (Lipinski definition) is 1. The lowest BCUT2D eigenvalue weighted by molar-refractivity contribution is -0.137. The SMILES string of the molecule is COc1cc(C(F)(F)F)ccc1-c1nnc(N[C@@H]2CCCN(C)C2)cc1C. The molecule has 27 heavy (non-hydrogen) atoms. The van der Waals surface area contributed by atoms with Crippen molar-refractivity contribution in [3.05, 3.63) is 35.4 Å². The Kier molecular flexibility index (Phi) is 5.55. The highest BCUT2D eigenvalue weighted by Crippen LogP contribution is 2.37. The van der Waals surface area contributed by atoms with Crippen molar-refractivity contribution in [2.45, 2.75) is 32.0 Å². The van der Waals surface area contributed by atoms with Crippen LogP contribution >= 0.6 is 0 Å². The van der Waals surface area contributed by atoms with Gasteiger partial charge in [0, 0.05) is 18.2 Å². The predicted molar refractivity (Wildman–Crippen MR) is 97.9 cm³/mol. The maximum absolute atomic E-state index is 12.9. The van der Waals surface area contributed by atoms with E-state index in [1.807, 2.05) is 13.0 Å². The molecule has 0 aliphatic carbocycles. The molecule has 2 heterocycles. The summed E-state index contributed by atoms with van der Waals surface area (Å²) >= 11 is 0. The average Bonchev–Trinajstić information content (AvgIpc) is 2.61. The number of nitrogens with one attached hydrogen (secondary N) is 1. The van der Waals surface area contributed by atoms with Crippen molar-refractivity contribution < 1.29 is 17.9 Å². The molecule has 0 amide bonds. The fourth-order valence-electron chi connectivity index (χ4n) is 3.38. The molecule has 1 fully saturated rings. The van der Waals surface area contributed by atoms with Gasteiger partial charge in [-0.2, -0.15) is 13.2 Å². The minimum Gasteiger partial charge on any atom is -0.496 e. The lowest BCUT2D eigenvalue weighted by Gasteiger charge is -2.30. The number of likely N-dealkylation sites (N-methyl/N-ethyl adjacent to an activating group) is 1.